The molecule has 0 heterocycles. The quantitative estimate of drug-likeness (QED) is 0.212. The topological polar surface area (TPSA) is 62.1 Å². The molecule has 0 unspecified atom stereocenters. The molecule has 1 amide bonds. The largest absolute Gasteiger partial charge is 0.487 e. The number of anilines is 1. The van der Waals surface area contributed by atoms with Gasteiger partial charge >= 0.3 is 0 Å². The van der Waals surface area contributed by atoms with Crippen LogP contribution in [-0.2, 0) is 11.4 Å². The Morgan fingerprint density at radius 1 is 1.17 bits per heavy atom. The van der Waals surface area contributed by atoms with Crippen molar-refractivity contribution in [2.24, 2.45) is 0 Å². The summed E-state index contributed by atoms with van der Waals surface area (Å²) in [7, 11) is 0. The molecule has 3 aromatic carbocycles. The number of nitriles is 1. The Morgan fingerprint density at radius 2 is 1.87 bits per heavy atom. The first-order chi connectivity index (χ1) is 14.5. The van der Waals surface area contributed by atoms with Crippen LogP contribution in [0.15, 0.2) is 76.8 Å². The fourth-order valence-corrected chi connectivity index (χ4v) is 4.34. The van der Waals surface area contributed by atoms with E-state index in [1.807, 2.05) is 18.2 Å². The van der Waals surface area contributed by atoms with Gasteiger partial charge in [0.2, 0.25) is 0 Å². The summed E-state index contributed by atoms with van der Waals surface area (Å²) in [6, 6.07) is 20.6. The van der Waals surface area contributed by atoms with Gasteiger partial charge in [0.25, 0.3) is 5.91 Å². The number of ether oxygens (including phenoxy) is 1. The fraction of sp³-hybridized carbons (Fsp3) is 0.0435. The number of hydrogen-bond donors (Lipinski definition) is 1. The van der Waals surface area contributed by atoms with E-state index in [-0.39, 0.29) is 18.0 Å². The van der Waals surface area contributed by atoms with Crippen LogP contribution in [0.25, 0.3) is 6.08 Å². The molecule has 0 radical (unpaired) electrons. The van der Waals surface area contributed by atoms with E-state index in [1.54, 1.807) is 42.5 Å². The molecule has 0 atom stereocenters. The highest BCUT2D eigenvalue weighted by Crippen LogP contribution is 2.33. The number of para-hydroxylation sites is 1. The van der Waals surface area contributed by atoms with E-state index in [2.05, 4.69) is 43.8 Å². The lowest BCUT2D eigenvalue weighted by Gasteiger charge is -2.12. The van der Waals surface area contributed by atoms with Gasteiger partial charge in [-0.1, -0.05) is 30.3 Å². The summed E-state index contributed by atoms with van der Waals surface area (Å²) < 4.78 is 20.4. The van der Waals surface area contributed by atoms with E-state index in [4.69, 9.17) is 4.74 Å². The Kier molecular flexibility index (Phi) is 7.60. The Labute approximate surface area is 195 Å². The van der Waals surface area contributed by atoms with Gasteiger partial charge in [0.15, 0.2) is 0 Å². The second-order valence-corrected chi connectivity index (χ2v) is 8.24. The Bertz CT molecular complexity index is 1100. The second kappa shape index (κ2) is 10.4. The van der Waals surface area contributed by atoms with Crippen molar-refractivity contribution in [1.82, 2.24) is 0 Å². The number of amides is 1. The molecule has 0 spiro atoms. The molecule has 0 saturated carbocycles. The molecule has 0 saturated heterocycles. The van der Waals surface area contributed by atoms with Crippen LogP contribution in [0, 0.1) is 20.7 Å². The van der Waals surface area contributed by atoms with Gasteiger partial charge in [-0.3, -0.25) is 4.79 Å². The molecule has 0 bridgehead atoms. The van der Waals surface area contributed by atoms with Crippen molar-refractivity contribution in [3.63, 3.8) is 0 Å². The van der Waals surface area contributed by atoms with E-state index in [1.165, 1.54) is 18.2 Å². The van der Waals surface area contributed by atoms with Gasteiger partial charge in [0.05, 0.1) is 8.04 Å². The van der Waals surface area contributed by atoms with Crippen molar-refractivity contribution < 1.29 is 13.9 Å². The Balaban J connectivity index is 1.76. The lowest BCUT2D eigenvalue weighted by molar-refractivity contribution is -0.112. The van der Waals surface area contributed by atoms with E-state index >= 15 is 0 Å². The molecule has 3 rings (SSSR count). The zero-order valence-electron chi connectivity index (χ0n) is 15.5. The van der Waals surface area contributed by atoms with Crippen LogP contribution in [-0.4, -0.2) is 5.91 Å². The molecule has 30 heavy (non-hydrogen) atoms. The number of halogens is 3. The Morgan fingerprint density at radius 3 is 2.50 bits per heavy atom. The zero-order valence-corrected chi connectivity index (χ0v) is 19.3. The number of nitrogens with one attached hydrogen (secondary N) is 1. The van der Waals surface area contributed by atoms with E-state index < -0.39 is 5.91 Å². The first kappa shape index (κ1) is 22.0. The molecule has 0 aliphatic carbocycles. The third kappa shape index (κ3) is 5.90. The minimum absolute atomic E-state index is 0.0125. The highest BCUT2D eigenvalue weighted by atomic mass is 127. The SMILES string of the molecule is N#C/C(=C/c1cc(Br)c(OCc2ccc(F)cc2)c(I)c1)C(=O)Nc1ccccc1. The Hall–Kier alpha value is -2.70. The van der Waals surface area contributed by atoms with Crippen molar-refractivity contribution in [2.45, 2.75) is 6.61 Å². The summed E-state index contributed by atoms with van der Waals surface area (Å²) in [6.07, 6.45) is 1.52. The minimum atomic E-state index is -0.480. The molecule has 3 aromatic rings. The van der Waals surface area contributed by atoms with Gasteiger partial charge in [0, 0.05) is 5.69 Å². The van der Waals surface area contributed by atoms with Crippen LogP contribution in [0.2, 0.25) is 0 Å². The standard InChI is InChI=1S/C23H15BrFIN2O2/c24-20-11-16(10-17(13-27)23(29)28-19-4-2-1-3-5-19)12-21(26)22(20)30-14-15-6-8-18(25)9-7-15/h1-12H,14H2,(H,28,29)/b17-10-. The molecular weight excluding hydrogens is 562 g/mol. The minimum Gasteiger partial charge on any atom is -0.487 e. The summed E-state index contributed by atoms with van der Waals surface area (Å²) in [5.41, 5.74) is 2.12. The fourth-order valence-electron chi connectivity index (χ4n) is 2.57. The third-order valence-corrected chi connectivity index (χ3v) is 5.42. The zero-order chi connectivity index (χ0) is 21.5. The number of rotatable bonds is 6. The van der Waals surface area contributed by atoms with E-state index in [0.29, 0.717) is 21.5 Å². The molecule has 0 aliphatic rings. The van der Waals surface area contributed by atoms with Crippen molar-refractivity contribution in [1.29, 1.82) is 5.26 Å². The molecule has 0 fully saturated rings. The molecule has 7 heteroatoms. The normalized spacial score (nSPS) is 10.9. The maximum Gasteiger partial charge on any atom is 0.266 e. The monoisotopic (exact) mass is 576 g/mol. The van der Waals surface area contributed by atoms with Crippen molar-refractivity contribution >= 4 is 56.2 Å². The smallest absolute Gasteiger partial charge is 0.266 e. The van der Waals surface area contributed by atoms with Crippen LogP contribution in [0.5, 0.6) is 5.75 Å². The van der Waals surface area contributed by atoms with Gasteiger partial charge in [-0.05, 0) is 92.1 Å². The van der Waals surface area contributed by atoms with Gasteiger partial charge in [-0.25, -0.2) is 4.39 Å². The number of hydrogen-bond acceptors (Lipinski definition) is 3. The molecule has 0 aromatic heterocycles. The van der Waals surface area contributed by atoms with Crippen molar-refractivity contribution in [2.75, 3.05) is 5.32 Å². The van der Waals surface area contributed by atoms with Gasteiger partial charge in [0.1, 0.15) is 29.8 Å². The highest BCUT2D eigenvalue weighted by molar-refractivity contribution is 14.1. The predicted molar refractivity (Wildman–Crippen MR) is 126 cm³/mol. The first-order valence-electron chi connectivity index (χ1n) is 8.81. The van der Waals surface area contributed by atoms with Gasteiger partial charge < -0.3 is 10.1 Å². The number of carbonyl (C=O) groups excluding carboxylic acids is 1. The molecule has 1 N–H and O–H groups in total. The summed E-state index contributed by atoms with van der Waals surface area (Å²) in [6.45, 7) is 0.285. The van der Waals surface area contributed by atoms with E-state index in [0.717, 1.165) is 9.13 Å². The van der Waals surface area contributed by atoms with Crippen LogP contribution < -0.4 is 10.1 Å². The lowest BCUT2D eigenvalue weighted by Crippen LogP contribution is -2.13. The average Bonchev–Trinajstić information content (AvgIpc) is 2.73. The third-order valence-electron chi connectivity index (χ3n) is 4.02. The summed E-state index contributed by atoms with van der Waals surface area (Å²) in [4.78, 5) is 12.4. The van der Waals surface area contributed by atoms with Crippen LogP contribution in [0.1, 0.15) is 11.1 Å². The molecular formula is C23H15BrFIN2O2. The predicted octanol–water partition coefficient (Wildman–Crippen LogP) is 6.32. The van der Waals surface area contributed by atoms with E-state index in [9.17, 15) is 14.4 Å². The van der Waals surface area contributed by atoms with Gasteiger partial charge in [-0.15, -0.1) is 0 Å². The highest BCUT2D eigenvalue weighted by Gasteiger charge is 2.13. The second-order valence-electron chi connectivity index (χ2n) is 6.22. The van der Waals surface area contributed by atoms with Crippen LogP contribution in [0.3, 0.4) is 0 Å². The number of benzene rings is 3. The maximum atomic E-state index is 13.0. The number of carbonyl (C=O) groups is 1. The summed E-state index contributed by atoms with van der Waals surface area (Å²) in [5.74, 6) is -0.147. The molecule has 150 valence electrons. The lowest BCUT2D eigenvalue weighted by atomic mass is 10.1. The van der Waals surface area contributed by atoms with Crippen molar-refractivity contribution in [3.8, 4) is 11.8 Å². The average molecular weight is 577 g/mol. The molecule has 4 nitrogen and oxygen atoms in total. The molecule has 0 aliphatic heterocycles. The van der Waals surface area contributed by atoms with Crippen LogP contribution >= 0.6 is 38.5 Å². The number of nitrogens with zero attached hydrogens (tertiary/aromatic N) is 1. The summed E-state index contributed by atoms with van der Waals surface area (Å²) in [5, 5.41) is 12.1. The van der Waals surface area contributed by atoms with Gasteiger partial charge in [-0.2, -0.15) is 5.26 Å². The maximum absolute atomic E-state index is 13.0. The summed E-state index contributed by atoms with van der Waals surface area (Å²) >= 11 is 5.61. The first-order valence-corrected chi connectivity index (χ1v) is 10.7. The van der Waals surface area contributed by atoms with Crippen LogP contribution in [0.4, 0.5) is 10.1 Å². The van der Waals surface area contributed by atoms with Crippen molar-refractivity contribution in [3.05, 3.63) is 97.3 Å².